The van der Waals surface area contributed by atoms with Crippen molar-refractivity contribution in [3.8, 4) is 11.5 Å². The number of rotatable bonds is 4. The van der Waals surface area contributed by atoms with Crippen molar-refractivity contribution in [3.63, 3.8) is 0 Å². The second-order valence-corrected chi connectivity index (χ2v) is 6.37. The van der Waals surface area contributed by atoms with Gasteiger partial charge in [-0.25, -0.2) is 4.79 Å². The molecule has 1 heterocycles. The van der Waals surface area contributed by atoms with Crippen LogP contribution in [-0.4, -0.2) is 63.3 Å². The zero-order valence-electron chi connectivity index (χ0n) is 14.1. The van der Waals surface area contributed by atoms with Crippen LogP contribution < -0.4 is 14.8 Å². The maximum Gasteiger partial charge on any atom is 0.318 e. The number of likely N-dealkylation sites (N-methyl/N-ethyl adjacent to an activating group) is 1. The second-order valence-electron chi connectivity index (χ2n) is 6.37. The highest BCUT2D eigenvalue weighted by molar-refractivity contribution is 5.76. The predicted octanol–water partition coefficient (Wildman–Crippen LogP) is 1.65. The van der Waals surface area contributed by atoms with Gasteiger partial charge in [-0.05, 0) is 37.6 Å². The number of piperazine rings is 1. The summed E-state index contributed by atoms with van der Waals surface area (Å²) in [5, 5.41) is 3.23. The normalized spacial score (nSPS) is 20.0. The van der Waals surface area contributed by atoms with E-state index >= 15 is 0 Å². The minimum Gasteiger partial charge on any atom is -0.493 e. The topological polar surface area (TPSA) is 54.0 Å². The molecule has 6 heteroatoms. The average molecular weight is 319 g/mol. The van der Waals surface area contributed by atoms with Crippen LogP contribution in [0.4, 0.5) is 4.79 Å². The first kappa shape index (κ1) is 15.9. The molecule has 1 aromatic carbocycles. The molecule has 1 N–H and O–H groups in total. The fourth-order valence-electron chi connectivity index (χ4n) is 3.04. The Morgan fingerprint density at radius 2 is 1.74 bits per heavy atom. The Labute approximate surface area is 137 Å². The molecule has 126 valence electrons. The lowest BCUT2D eigenvalue weighted by atomic mass is 10.0. The third-order valence-corrected chi connectivity index (χ3v) is 4.82. The van der Waals surface area contributed by atoms with Crippen LogP contribution in [0.2, 0.25) is 0 Å². The van der Waals surface area contributed by atoms with Crippen LogP contribution in [0.15, 0.2) is 18.2 Å². The average Bonchev–Trinajstić information content (AvgIpc) is 3.35. The van der Waals surface area contributed by atoms with Crippen LogP contribution in [0.5, 0.6) is 11.5 Å². The Kier molecular flexibility index (Phi) is 4.35. The standard InChI is InChI=1S/C17H25N3O3/c1-19-8-10-20(11-9-19)16(21)18-17(6-7-17)13-4-5-14(22-2)15(12-13)23-3/h4-5,12H,6-11H2,1-3H3,(H,18,21). The number of ether oxygens (including phenoxy) is 2. The zero-order chi connectivity index (χ0) is 16.4. The molecule has 23 heavy (non-hydrogen) atoms. The largest absolute Gasteiger partial charge is 0.493 e. The highest BCUT2D eigenvalue weighted by Crippen LogP contribution is 2.47. The summed E-state index contributed by atoms with van der Waals surface area (Å²) in [5.41, 5.74) is 0.831. The van der Waals surface area contributed by atoms with E-state index in [-0.39, 0.29) is 11.6 Å². The summed E-state index contributed by atoms with van der Waals surface area (Å²) >= 11 is 0. The number of hydrogen-bond acceptors (Lipinski definition) is 4. The Balaban J connectivity index is 1.71. The lowest BCUT2D eigenvalue weighted by molar-refractivity contribution is 0.150. The Morgan fingerprint density at radius 1 is 1.09 bits per heavy atom. The van der Waals surface area contributed by atoms with Crippen molar-refractivity contribution in [2.24, 2.45) is 0 Å². The van der Waals surface area contributed by atoms with Gasteiger partial charge in [-0.15, -0.1) is 0 Å². The van der Waals surface area contributed by atoms with Crippen LogP contribution in [0.25, 0.3) is 0 Å². The molecule has 6 nitrogen and oxygen atoms in total. The van der Waals surface area contributed by atoms with Crippen LogP contribution in [0.1, 0.15) is 18.4 Å². The number of hydrogen-bond donors (Lipinski definition) is 1. The molecule has 1 saturated heterocycles. The van der Waals surface area contributed by atoms with Gasteiger partial charge in [0.05, 0.1) is 19.8 Å². The minimum absolute atomic E-state index is 0.0328. The molecule has 2 aliphatic rings. The van der Waals surface area contributed by atoms with Crippen molar-refractivity contribution in [2.45, 2.75) is 18.4 Å². The van der Waals surface area contributed by atoms with Crippen molar-refractivity contribution < 1.29 is 14.3 Å². The Morgan fingerprint density at radius 3 is 2.30 bits per heavy atom. The van der Waals surface area contributed by atoms with E-state index in [4.69, 9.17) is 9.47 Å². The summed E-state index contributed by atoms with van der Waals surface area (Å²) in [7, 11) is 5.34. The SMILES string of the molecule is COc1ccc(C2(NC(=O)N3CCN(C)CC3)CC2)cc1OC. The van der Waals surface area contributed by atoms with Gasteiger partial charge in [-0.1, -0.05) is 6.07 Å². The first-order valence-electron chi connectivity index (χ1n) is 8.06. The number of nitrogens with one attached hydrogen (secondary N) is 1. The maximum atomic E-state index is 12.6. The van der Waals surface area contributed by atoms with Gasteiger partial charge in [0.25, 0.3) is 0 Å². The number of carbonyl (C=O) groups excluding carboxylic acids is 1. The molecule has 0 radical (unpaired) electrons. The van der Waals surface area contributed by atoms with Gasteiger partial charge in [0.1, 0.15) is 0 Å². The molecule has 1 saturated carbocycles. The summed E-state index contributed by atoms with van der Waals surface area (Å²) in [5.74, 6) is 1.41. The molecule has 0 atom stereocenters. The number of urea groups is 1. The number of nitrogens with zero attached hydrogens (tertiary/aromatic N) is 2. The molecule has 1 aliphatic carbocycles. The van der Waals surface area contributed by atoms with Crippen LogP contribution >= 0.6 is 0 Å². The van der Waals surface area contributed by atoms with Crippen molar-refractivity contribution in [1.29, 1.82) is 0 Å². The first-order valence-corrected chi connectivity index (χ1v) is 8.06. The lowest BCUT2D eigenvalue weighted by Gasteiger charge is -2.33. The molecule has 1 aromatic rings. The lowest BCUT2D eigenvalue weighted by Crippen LogP contribution is -2.52. The van der Waals surface area contributed by atoms with Gasteiger partial charge in [-0.3, -0.25) is 0 Å². The summed E-state index contributed by atoms with van der Waals surface area (Å²) in [6.45, 7) is 3.42. The van der Waals surface area contributed by atoms with E-state index in [1.807, 2.05) is 23.1 Å². The van der Waals surface area contributed by atoms with E-state index in [2.05, 4.69) is 17.3 Å². The highest BCUT2D eigenvalue weighted by atomic mass is 16.5. The molecule has 0 spiro atoms. The quantitative estimate of drug-likeness (QED) is 0.917. The van der Waals surface area contributed by atoms with E-state index in [1.165, 1.54) is 0 Å². The monoisotopic (exact) mass is 319 g/mol. The number of amides is 2. The molecule has 0 unspecified atom stereocenters. The van der Waals surface area contributed by atoms with Crippen molar-refractivity contribution in [1.82, 2.24) is 15.1 Å². The molecule has 0 aromatic heterocycles. The number of carbonyl (C=O) groups is 1. The Hall–Kier alpha value is -1.95. The molecular formula is C17H25N3O3. The van der Waals surface area contributed by atoms with Crippen LogP contribution in [0, 0.1) is 0 Å². The fourth-order valence-corrected chi connectivity index (χ4v) is 3.04. The van der Waals surface area contributed by atoms with E-state index in [0.29, 0.717) is 11.5 Å². The molecule has 0 bridgehead atoms. The van der Waals surface area contributed by atoms with Gasteiger partial charge in [0.2, 0.25) is 0 Å². The van der Waals surface area contributed by atoms with Gasteiger partial charge < -0.3 is 24.6 Å². The summed E-state index contributed by atoms with van der Waals surface area (Å²) in [4.78, 5) is 16.7. The second kappa shape index (κ2) is 6.28. The maximum absolute atomic E-state index is 12.6. The van der Waals surface area contributed by atoms with Crippen molar-refractivity contribution >= 4 is 6.03 Å². The third kappa shape index (κ3) is 3.22. The predicted molar refractivity (Wildman–Crippen MR) is 88.1 cm³/mol. The smallest absolute Gasteiger partial charge is 0.318 e. The minimum atomic E-state index is -0.250. The van der Waals surface area contributed by atoms with E-state index in [1.54, 1.807) is 14.2 Å². The molecule has 2 fully saturated rings. The summed E-state index contributed by atoms with van der Waals surface area (Å²) < 4.78 is 10.7. The molecular weight excluding hydrogens is 294 g/mol. The van der Waals surface area contributed by atoms with Crippen molar-refractivity contribution in [3.05, 3.63) is 23.8 Å². The number of methoxy groups -OCH3 is 2. The third-order valence-electron chi connectivity index (χ3n) is 4.82. The van der Waals surface area contributed by atoms with E-state index in [9.17, 15) is 4.79 Å². The highest BCUT2D eigenvalue weighted by Gasteiger charge is 2.46. The van der Waals surface area contributed by atoms with Crippen LogP contribution in [0.3, 0.4) is 0 Å². The first-order chi connectivity index (χ1) is 11.1. The van der Waals surface area contributed by atoms with Gasteiger partial charge in [-0.2, -0.15) is 0 Å². The van der Waals surface area contributed by atoms with Gasteiger partial charge in [0, 0.05) is 26.2 Å². The number of benzene rings is 1. The molecule has 3 rings (SSSR count). The molecule has 1 aliphatic heterocycles. The summed E-state index contributed by atoms with van der Waals surface area (Å²) in [6, 6.07) is 5.91. The zero-order valence-corrected chi connectivity index (χ0v) is 14.1. The fraction of sp³-hybridized carbons (Fsp3) is 0.588. The Bertz CT molecular complexity index is 578. The van der Waals surface area contributed by atoms with E-state index < -0.39 is 0 Å². The van der Waals surface area contributed by atoms with E-state index in [0.717, 1.165) is 44.6 Å². The molecule has 2 amide bonds. The van der Waals surface area contributed by atoms with Gasteiger partial charge in [0.15, 0.2) is 11.5 Å². The van der Waals surface area contributed by atoms with Crippen molar-refractivity contribution in [2.75, 3.05) is 47.4 Å². The van der Waals surface area contributed by atoms with Crippen LogP contribution in [-0.2, 0) is 5.54 Å². The summed E-state index contributed by atoms with van der Waals surface area (Å²) in [6.07, 6.45) is 1.92. The van der Waals surface area contributed by atoms with Gasteiger partial charge >= 0.3 is 6.03 Å².